The minimum atomic E-state index is -5.91. The van der Waals surface area contributed by atoms with Crippen molar-refractivity contribution in [3.05, 3.63) is 28.8 Å². The zero-order valence-electron chi connectivity index (χ0n) is 15.2. The molecule has 1 saturated carbocycles. The fourth-order valence-corrected chi connectivity index (χ4v) is 5.58. The number of aliphatic hydroxyl groups is 2. The summed E-state index contributed by atoms with van der Waals surface area (Å²) < 4.78 is 91.3. The van der Waals surface area contributed by atoms with Crippen molar-refractivity contribution < 1.29 is 40.6 Å². The topological polar surface area (TPSA) is 74.6 Å². The molecular formula is C18H21F5O4S. The first kappa shape index (κ1) is 21.4. The first-order valence-corrected chi connectivity index (χ1v) is 10.3. The molecule has 2 N–H and O–H groups in total. The number of halogens is 5. The molecule has 28 heavy (non-hydrogen) atoms. The summed E-state index contributed by atoms with van der Waals surface area (Å²) in [6.07, 6.45) is -3.20. The van der Waals surface area contributed by atoms with Gasteiger partial charge in [-0.2, -0.15) is 13.2 Å². The van der Waals surface area contributed by atoms with E-state index >= 15 is 0 Å². The maximum Gasteiger partial charge on any atom is 0.501 e. The molecule has 1 aromatic rings. The van der Waals surface area contributed by atoms with Crippen molar-refractivity contribution in [3.63, 3.8) is 0 Å². The molecule has 0 spiro atoms. The second-order valence-electron chi connectivity index (χ2n) is 8.49. The smallest absolute Gasteiger partial charge is 0.393 e. The Morgan fingerprint density at radius 3 is 2.25 bits per heavy atom. The lowest BCUT2D eigenvalue weighted by molar-refractivity contribution is -0.0978. The third kappa shape index (κ3) is 3.43. The molecule has 0 unspecified atom stereocenters. The Balaban J connectivity index is 2.20. The summed E-state index contributed by atoms with van der Waals surface area (Å²) in [6.45, 7) is 3.77. The summed E-state index contributed by atoms with van der Waals surface area (Å²) in [7, 11) is -5.91. The molecule has 0 amide bonds. The van der Waals surface area contributed by atoms with Gasteiger partial charge in [-0.15, -0.1) is 0 Å². The highest BCUT2D eigenvalue weighted by Crippen LogP contribution is 2.52. The molecule has 158 valence electrons. The number of aliphatic hydroxyl groups excluding tert-OH is 2. The van der Waals surface area contributed by atoms with E-state index in [-0.39, 0.29) is 23.0 Å². The summed E-state index contributed by atoms with van der Waals surface area (Å²) in [5.41, 5.74) is -6.89. The Kier molecular flexibility index (Phi) is 4.88. The summed E-state index contributed by atoms with van der Waals surface area (Å²) in [4.78, 5) is -1.33. The average molecular weight is 428 g/mol. The van der Waals surface area contributed by atoms with E-state index in [1.165, 1.54) is 0 Å². The number of benzene rings is 1. The molecule has 0 aliphatic heterocycles. The molecule has 0 aromatic heterocycles. The fourth-order valence-electron chi connectivity index (χ4n) is 4.56. The zero-order chi connectivity index (χ0) is 21.3. The van der Waals surface area contributed by atoms with Crippen LogP contribution >= 0.6 is 0 Å². The van der Waals surface area contributed by atoms with Crippen LogP contribution < -0.4 is 0 Å². The van der Waals surface area contributed by atoms with E-state index in [9.17, 15) is 40.6 Å². The lowest BCUT2D eigenvalue weighted by atomic mass is 9.68. The summed E-state index contributed by atoms with van der Waals surface area (Å²) in [5.74, 6) is -4.21. The van der Waals surface area contributed by atoms with Crippen LogP contribution in [-0.2, 0) is 16.3 Å². The van der Waals surface area contributed by atoms with E-state index < -0.39 is 56.3 Å². The lowest BCUT2D eigenvalue weighted by Crippen LogP contribution is -2.31. The normalized spacial score (nSPS) is 29.5. The summed E-state index contributed by atoms with van der Waals surface area (Å²) >= 11 is 0. The van der Waals surface area contributed by atoms with Crippen LogP contribution in [0.25, 0.3) is 0 Å². The van der Waals surface area contributed by atoms with E-state index in [0.717, 1.165) is 6.07 Å². The van der Waals surface area contributed by atoms with Gasteiger partial charge in [0.1, 0.15) is 6.10 Å². The Labute approximate surface area is 159 Å². The van der Waals surface area contributed by atoms with Crippen LogP contribution in [0.1, 0.15) is 61.8 Å². The third-order valence-corrected chi connectivity index (χ3v) is 7.16. The van der Waals surface area contributed by atoms with Gasteiger partial charge in [-0.3, -0.25) is 0 Å². The third-order valence-electron chi connectivity index (χ3n) is 5.62. The van der Waals surface area contributed by atoms with Gasteiger partial charge >= 0.3 is 5.51 Å². The molecule has 2 aliphatic rings. The highest BCUT2D eigenvalue weighted by atomic mass is 32.2. The summed E-state index contributed by atoms with van der Waals surface area (Å²) in [5, 5.41) is 20.1. The highest BCUT2D eigenvalue weighted by molar-refractivity contribution is 7.92. The van der Waals surface area contributed by atoms with E-state index in [2.05, 4.69) is 0 Å². The molecule has 1 fully saturated rings. The van der Waals surface area contributed by atoms with Gasteiger partial charge in [-0.1, -0.05) is 19.9 Å². The molecule has 0 heterocycles. The van der Waals surface area contributed by atoms with Gasteiger partial charge in [-0.25, -0.2) is 17.2 Å². The van der Waals surface area contributed by atoms with Crippen molar-refractivity contribution in [2.24, 2.45) is 5.41 Å². The van der Waals surface area contributed by atoms with Crippen molar-refractivity contribution in [1.82, 2.24) is 0 Å². The van der Waals surface area contributed by atoms with Crippen LogP contribution in [0.5, 0.6) is 0 Å². The predicted molar refractivity (Wildman–Crippen MR) is 89.7 cm³/mol. The quantitative estimate of drug-likeness (QED) is 0.702. The van der Waals surface area contributed by atoms with E-state index in [0.29, 0.717) is 18.9 Å². The van der Waals surface area contributed by atoms with E-state index in [1.54, 1.807) is 0 Å². The van der Waals surface area contributed by atoms with Crippen LogP contribution in [0.4, 0.5) is 22.0 Å². The van der Waals surface area contributed by atoms with Crippen molar-refractivity contribution in [3.8, 4) is 0 Å². The number of sulfone groups is 1. The van der Waals surface area contributed by atoms with Crippen molar-refractivity contribution in [1.29, 1.82) is 0 Å². The maximum absolute atomic E-state index is 14.2. The average Bonchev–Trinajstić information content (AvgIpc) is 2.73. The number of hydrogen-bond acceptors (Lipinski definition) is 4. The molecule has 4 nitrogen and oxygen atoms in total. The molecule has 2 aliphatic carbocycles. The molecule has 1 aromatic carbocycles. The lowest BCUT2D eigenvalue weighted by Gasteiger charge is -2.39. The van der Waals surface area contributed by atoms with Crippen LogP contribution in [-0.4, -0.2) is 36.2 Å². The minimum absolute atomic E-state index is 0.225. The van der Waals surface area contributed by atoms with E-state index in [4.69, 9.17) is 0 Å². The van der Waals surface area contributed by atoms with Gasteiger partial charge in [0.2, 0.25) is 0 Å². The van der Waals surface area contributed by atoms with Crippen LogP contribution in [0.15, 0.2) is 17.0 Å². The molecule has 0 saturated heterocycles. The van der Waals surface area contributed by atoms with Gasteiger partial charge in [0, 0.05) is 12.0 Å². The first-order valence-electron chi connectivity index (χ1n) is 8.78. The predicted octanol–water partition coefficient (Wildman–Crippen LogP) is 3.86. The van der Waals surface area contributed by atoms with E-state index in [1.807, 2.05) is 13.8 Å². The number of hydrogen-bond donors (Lipinski definition) is 2. The number of rotatable bonds is 2. The zero-order valence-corrected chi connectivity index (χ0v) is 16.0. The maximum atomic E-state index is 14.2. The van der Waals surface area contributed by atoms with Gasteiger partial charge in [0.05, 0.1) is 11.0 Å². The monoisotopic (exact) mass is 428 g/mol. The van der Waals surface area contributed by atoms with Crippen LogP contribution in [0.2, 0.25) is 0 Å². The molecule has 3 rings (SSSR count). The van der Waals surface area contributed by atoms with Gasteiger partial charge < -0.3 is 10.2 Å². The van der Waals surface area contributed by atoms with Gasteiger partial charge in [0.15, 0.2) is 0 Å². The Hall–Kier alpha value is -1.26. The number of fused-ring (bicyclic) bond motifs is 1. The molecule has 0 bridgehead atoms. The Morgan fingerprint density at radius 1 is 1.11 bits per heavy atom. The van der Waals surface area contributed by atoms with Crippen LogP contribution in [0.3, 0.4) is 0 Å². The number of alkyl halides is 5. The largest absolute Gasteiger partial charge is 0.501 e. The highest BCUT2D eigenvalue weighted by Gasteiger charge is 2.55. The fraction of sp³-hybridized carbons (Fsp3) is 0.667. The van der Waals surface area contributed by atoms with Gasteiger partial charge in [-0.05, 0) is 47.8 Å². The summed E-state index contributed by atoms with van der Waals surface area (Å²) in [6, 6.07) is 1.76. The second kappa shape index (κ2) is 6.37. The second-order valence-corrected chi connectivity index (χ2v) is 10.4. The molecule has 3 atom stereocenters. The Morgan fingerprint density at radius 2 is 1.71 bits per heavy atom. The Bertz CT molecular complexity index is 892. The van der Waals surface area contributed by atoms with Gasteiger partial charge in [0.25, 0.3) is 15.8 Å². The van der Waals surface area contributed by atoms with Crippen molar-refractivity contribution in [2.45, 2.75) is 74.0 Å². The van der Waals surface area contributed by atoms with Crippen LogP contribution in [0, 0.1) is 5.41 Å². The minimum Gasteiger partial charge on any atom is -0.393 e. The van der Waals surface area contributed by atoms with Crippen molar-refractivity contribution >= 4 is 9.84 Å². The molecular weight excluding hydrogens is 407 g/mol. The SMILES string of the molecule is CC1(C)C[C@@H](O)C[C@H](c2ccc(S(=O)(=O)C(F)(F)F)c3c2CC(F)(F)[C@H]3O)C1. The molecule has 10 heteroatoms. The van der Waals surface area contributed by atoms with Crippen molar-refractivity contribution in [2.75, 3.05) is 0 Å². The first-order chi connectivity index (χ1) is 12.6. The molecule has 0 radical (unpaired) electrons. The standard InChI is InChI=1S/C18H21F5O4S/c1-16(2)6-9(5-10(24)7-16)11-3-4-13(28(26,27)18(21,22)23)14-12(11)8-17(19,20)15(14)25/h3-4,9-10,15,24-25H,5-8H2,1-2H3/t9-,10-,15-/m0/s1.